The van der Waals surface area contributed by atoms with Crippen LogP contribution < -0.4 is 9.47 Å². The number of ether oxygens (including phenoxy) is 2. The van der Waals surface area contributed by atoms with Crippen LogP contribution in [0.4, 0.5) is 0 Å². The van der Waals surface area contributed by atoms with Gasteiger partial charge in [0.2, 0.25) is 0 Å². The zero-order chi connectivity index (χ0) is 14.2. The maximum absolute atomic E-state index is 5.31. The minimum atomic E-state index is 0.778. The quantitative estimate of drug-likeness (QED) is 0.705. The first-order valence-corrected chi connectivity index (χ1v) is 6.90. The van der Waals surface area contributed by atoms with Crippen LogP contribution in [0.5, 0.6) is 11.5 Å². The van der Waals surface area contributed by atoms with Crippen molar-refractivity contribution in [2.45, 2.75) is 19.3 Å². The first-order valence-electron chi connectivity index (χ1n) is 6.90. The van der Waals surface area contributed by atoms with E-state index in [0.717, 1.165) is 30.8 Å². The second-order valence-electron chi connectivity index (χ2n) is 4.71. The van der Waals surface area contributed by atoms with E-state index in [2.05, 4.69) is 42.8 Å². The lowest BCUT2D eigenvalue weighted by Gasteiger charge is -2.09. The summed E-state index contributed by atoms with van der Waals surface area (Å²) in [5.74, 6) is 1.57. The van der Waals surface area contributed by atoms with Crippen molar-refractivity contribution in [3.8, 4) is 11.5 Å². The summed E-state index contributed by atoms with van der Waals surface area (Å²) in [7, 11) is 3.32. The second-order valence-corrected chi connectivity index (χ2v) is 4.71. The molecule has 0 aliphatic carbocycles. The molecule has 0 atom stereocenters. The molecule has 0 bridgehead atoms. The van der Waals surface area contributed by atoms with Crippen molar-refractivity contribution in [2.24, 2.45) is 0 Å². The summed E-state index contributed by atoms with van der Waals surface area (Å²) >= 11 is 0. The fourth-order valence-electron chi connectivity index (χ4n) is 2.19. The zero-order valence-electron chi connectivity index (χ0n) is 12.1. The molecule has 105 valence electrons. The predicted octanol–water partition coefficient (Wildman–Crippen LogP) is 4.08. The van der Waals surface area contributed by atoms with Crippen molar-refractivity contribution in [1.29, 1.82) is 0 Å². The van der Waals surface area contributed by atoms with Crippen LogP contribution in [0.2, 0.25) is 0 Å². The Kier molecular flexibility index (Phi) is 5.48. The van der Waals surface area contributed by atoms with Gasteiger partial charge < -0.3 is 9.47 Å². The Morgan fingerprint density at radius 2 is 1.60 bits per heavy atom. The minimum Gasteiger partial charge on any atom is -0.493 e. The van der Waals surface area contributed by atoms with E-state index in [-0.39, 0.29) is 0 Å². The van der Waals surface area contributed by atoms with Crippen LogP contribution in [0.3, 0.4) is 0 Å². The molecule has 1 radical (unpaired) electrons. The highest BCUT2D eigenvalue weighted by atomic mass is 16.5. The highest BCUT2D eigenvalue weighted by Crippen LogP contribution is 2.28. The van der Waals surface area contributed by atoms with Gasteiger partial charge in [0, 0.05) is 0 Å². The molecule has 20 heavy (non-hydrogen) atoms. The molecule has 0 saturated heterocycles. The summed E-state index contributed by atoms with van der Waals surface area (Å²) in [6.07, 6.45) is 5.44. The third-order valence-electron chi connectivity index (χ3n) is 3.31. The highest BCUT2D eigenvalue weighted by Gasteiger charge is 2.04. The van der Waals surface area contributed by atoms with Gasteiger partial charge in [-0.1, -0.05) is 36.4 Å². The lowest BCUT2D eigenvalue weighted by atomic mass is 10.0. The molecule has 0 fully saturated rings. The van der Waals surface area contributed by atoms with Gasteiger partial charge >= 0.3 is 0 Å². The summed E-state index contributed by atoms with van der Waals surface area (Å²) in [6.45, 7) is 0. The van der Waals surface area contributed by atoms with E-state index in [0.29, 0.717) is 0 Å². The smallest absolute Gasteiger partial charge is 0.160 e. The van der Waals surface area contributed by atoms with E-state index in [9.17, 15) is 0 Å². The molecule has 0 amide bonds. The van der Waals surface area contributed by atoms with Gasteiger partial charge in [0.05, 0.1) is 14.2 Å². The van der Waals surface area contributed by atoms with Crippen LogP contribution in [0.1, 0.15) is 17.5 Å². The molecule has 0 aromatic heterocycles. The van der Waals surface area contributed by atoms with E-state index < -0.39 is 0 Å². The Bertz CT molecular complexity index is 520. The normalized spacial score (nSPS) is 10.3. The van der Waals surface area contributed by atoms with Gasteiger partial charge in [0.15, 0.2) is 11.5 Å². The lowest BCUT2D eigenvalue weighted by Crippen LogP contribution is -1.94. The molecule has 0 saturated carbocycles. The van der Waals surface area contributed by atoms with Gasteiger partial charge in [-0.3, -0.25) is 0 Å². The third kappa shape index (κ3) is 4.02. The average molecular weight is 269 g/mol. The van der Waals surface area contributed by atoms with Crippen LogP contribution in [-0.2, 0) is 12.8 Å². The monoisotopic (exact) mass is 269 g/mol. The van der Waals surface area contributed by atoms with Crippen LogP contribution in [0.25, 0.3) is 0 Å². The molecule has 2 aromatic rings. The van der Waals surface area contributed by atoms with Crippen molar-refractivity contribution in [1.82, 2.24) is 0 Å². The fraction of sp³-hybridized carbons (Fsp3) is 0.278. The Labute approximate surface area is 121 Å². The van der Waals surface area contributed by atoms with Gasteiger partial charge in [-0.05, 0) is 48.9 Å². The summed E-state index contributed by atoms with van der Waals surface area (Å²) in [5.41, 5.74) is 2.63. The topological polar surface area (TPSA) is 18.5 Å². The first-order chi connectivity index (χ1) is 9.83. The molecule has 2 rings (SSSR count). The summed E-state index contributed by atoms with van der Waals surface area (Å²) in [5, 5.41) is 0. The maximum Gasteiger partial charge on any atom is 0.160 e. The number of benzene rings is 2. The van der Waals surface area contributed by atoms with Crippen molar-refractivity contribution in [3.63, 3.8) is 0 Å². The van der Waals surface area contributed by atoms with Crippen LogP contribution in [-0.4, -0.2) is 14.2 Å². The number of aryl methyl sites for hydroxylation is 1. The van der Waals surface area contributed by atoms with Crippen molar-refractivity contribution in [2.75, 3.05) is 14.2 Å². The molecule has 0 spiro atoms. The van der Waals surface area contributed by atoms with E-state index in [1.807, 2.05) is 12.1 Å². The predicted molar refractivity (Wildman–Crippen MR) is 82.3 cm³/mol. The standard InChI is InChI=1S/C18H21O2/c1-19-17-13-12-16(14-18(17)20-2)11-7-6-10-15-8-4-3-5-9-15/h3-5,7-9,12-14H,6,10-11H2,1-2H3. The lowest BCUT2D eigenvalue weighted by molar-refractivity contribution is 0.354. The summed E-state index contributed by atoms with van der Waals surface area (Å²) < 4.78 is 10.6. The van der Waals surface area contributed by atoms with E-state index in [1.165, 1.54) is 11.1 Å². The zero-order valence-corrected chi connectivity index (χ0v) is 12.1. The Morgan fingerprint density at radius 3 is 2.30 bits per heavy atom. The second kappa shape index (κ2) is 7.59. The SMILES string of the molecule is COc1ccc(C[CH]CCc2ccccc2)cc1OC. The van der Waals surface area contributed by atoms with Gasteiger partial charge in [-0.15, -0.1) is 0 Å². The first kappa shape index (κ1) is 14.4. The summed E-state index contributed by atoms with van der Waals surface area (Å²) in [4.78, 5) is 0. The largest absolute Gasteiger partial charge is 0.493 e. The van der Waals surface area contributed by atoms with Crippen molar-refractivity contribution >= 4 is 0 Å². The Morgan fingerprint density at radius 1 is 0.850 bits per heavy atom. The molecular formula is C18H21O2. The molecule has 0 heterocycles. The summed E-state index contributed by atoms with van der Waals surface area (Å²) in [6, 6.07) is 16.6. The number of hydrogen-bond donors (Lipinski definition) is 0. The van der Waals surface area contributed by atoms with E-state index >= 15 is 0 Å². The molecule has 0 aliphatic rings. The molecule has 2 nitrogen and oxygen atoms in total. The molecule has 0 aliphatic heterocycles. The van der Waals surface area contributed by atoms with E-state index in [1.54, 1.807) is 14.2 Å². The van der Waals surface area contributed by atoms with Gasteiger partial charge in [0.1, 0.15) is 0 Å². The minimum absolute atomic E-state index is 0.778. The van der Waals surface area contributed by atoms with Gasteiger partial charge in [-0.2, -0.15) is 0 Å². The Balaban J connectivity index is 1.82. The Hall–Kier alpha value is -1.96. The molecular weight excluding hydrogens is 248 g/mol. The number of unbranched alkanes of at least 4 members (excludes halogenated alkanes) is 1. The molecule has 2 aromatic carbocycles. The average Bonchev–Trinajstić information content (AvgIpc) is 2.52. The van der Waals surface area contributed by atoms with Crippen LogP contribution in [0.15, 0.2) is 48.5 Å². The number of rotatable bonds is 7. The molecule has 2 heteroatoms. The van der Waals surface area contributed by atoms with Crippen LogP contribution >= 0.6 is 0 Å². The van der Waals surface area contributed by atoms with Crippen LogP contribution in [0, 0.1) is 6.42 Å². The van der Waals surface area contributed by atoms with Gasteiger partial charge in [0.25, 0.3) is 0 Å². The van der Waals surface area contributed by atoms with Crippen molar-refractivity contribution in [3.05, 3.63) is 66.1 Å². The fourth-order valence-corrected chi connectivity index (χ4v) is 2.19. The number of hydrogen-bond acceptors (Lipinski definition) is 2. The number of methoxy groups -OCH3 is 2. The van der Waals surface area contributed by atoms with Crippen molar-refractivity contribution < 1.29 is 9.47 Å². The van der Waals surface area contributed by atoms with E-state index in [4.69, 9.17) is 9.47 Å². The molecule has 0 unspecified atom stereocenters. The maximum atomic E-state index is 5.31. The highest BCUT2D eigenvalue weighted by molar-refractivity contribution is 5.43. The molecule has 0 N–H and O–H groups in total. The van der Waals surface area contributed by atoms with Gasteiger partial charge in [-0.25, -0.2) is 0 Å². The third-order valence-corrected chi connectivity index (χ3v) is 3.31.